The summed E-state index contributed by atoms with van der Waals surface area (Å²) in [5, 5.41) is -1.45. The average Bonchev–Trinajstić information content (AvgIpc) is 2.35. The first kappa shape index (κ1) is 13.8. The largest absolute Gasteiger partial charge is 0.493 e. The standard InChI is InChI=1S/C11H13ClF2O3/c1-15-7-5-4-6(8(12)11(13)14)9(16-2)10(7)17-3/h4-5,8,11H,1-3H3. The summed E-state index contributed by atoms with van der Waals surface area (Å²) in [4.78, 5) is 0. The Labute approximate surface area is 103 Å². The smallest absolute Gasteiger partial charge is 0.258 e. The van der Waals surface area contributed by atoms with Gasteiger partial charge in [-0.05, 0) is 12.1 Å². The van der Waals surface area contributed by atoms with Crippen molar-refractivity contribution < 1.29 is 23.0 Å². The minimum Gasteiger partial charge on any atom is -0.493 e. The summed E-state index contributed by atoms with van der Waals surface area (Å²) in [5.74, 6) is 0.803. The molecule has 6 heteroatoms. The molecule has 0 heterocycles. The molecule has 0 aliphatic carbocycles. The molecule has 0 bridgehead atoms. The Hall–Kier alpha value is -1.23. The summed E-state index contributed by atoms with van der Waals surface area (Å²) < 4.78 is 40.3. The van der Waals surface area contributed by atoms with Gasteiger partial charge in [0.25, 0.3) is 6.43 Å². The highest BCUT2D eigenvalue weighted by Gasteiger charge is 2.26. The van der Waals surface area contributed by atoms with E-state index in [9.17, 15) is 8.78 Å². The van der Waals surface area contributed by atoms with Crippen molar-refractivity contribution in [1.29, 1.82) is 0 Å². The fourth-order valence-electron chi connectivity index (χ4n) is 1.48. The predicted octanol–water partition coefficient (Wildman–Crippen LogP) is 3.26. The number of halogens is 3. The van der Waals surface area contributed by atoms with Crippen LogP contribution < -0.4 is 14.2 Å². The van der Waals surface area contributed by atoms with Gasteiger partial charge in [0.05, 0.1) is 21.3 Å². The maximum atomic E-state index is 12.6. The third kappa shape index (κ3) is 2.72. The van der Waals surface area contributed by atoms with Crippen molar-refractivity contribution in [3.05, 3.63) is 17.7 Å². The van der Waals surface area contributed by atoms with E-state index in [0.29, 0.717) is 5.75 Å². The van der Waals surface area contributed by atoms with Gasteiger partial charge in [0, 0.05) is 5.56 Å². The minimum atomic E-state index is -2.69. The molecular weight excluding hydrogens is 254 g/mol. The zero-order valence-corrected chi connectivity index (χ0v) is 10.4. The molecule has 0 radical (unpaired) electrons. The molecule has 0 aliphatic heterocycles. The van der Waals surface area contributed by atoms with Gasteiger partial charge in [0.15, 0.2) is 11.5 Å². The summed E-state index contributed by atoms with van der Waals surface area (Å²) >= 11 is 5.62. The lowest BCUT2D eigenvalue weighted by atomic mass is 10.1. The minimum absolute atomic E-state index is 0.159. The fourth-order valence-corrected chi connectivity index (χ4v) is 1.65. The third-order valence-electron chi connectivity index (χ3n) is 2.25. The summed E-state index contributed by atoms with van der Waals surface area (Å²) in [6, 6.07) is 2.94. The first-order chi connectivity index (χ1) is 8.06. The summed E-state index contributed by atoms with van der Waals surface area (Å²) in [5.41, 5.74) is 0.168. The van der Waals surface area contributed by atoms with Crippen LogP contribution >= 0.6 is 11.6 Å². The van der Waals surface area contributed by atoms with E-state index in [-0.39, 0.29) is 17.1 Å². The number of alkyl halides is 3. The molecule has 0 fully saturated rings. The number of hydrogen-bond donors (Lipinski definition) is 0. The van der Waals surface area contributed by atoms with Gasteiger partial charge >= 0.3 is 0 Å². The highest BCUT2D eigenvalue weighted by molar-refractivity contribution is 6.21. The molecule has 0 N–H and O–H groups in total. The Morgan fingerprint density at radius 2 is 1.59 bits per heavy atom. The molecule has 0 aliphatic rings. The number of hydrogen-bond acceptors (Lipinski definition) is 3. The second-order valence-electron chi connectivity index (χ2n) is 3.16. The van der Waals surface area contributed by atoms with E-state index in [0.717, 1.165) is 0 Å². The number of ether oxygens (including phenoxy) is 3. The molecule has 1 unspecified atom stereocenters. The molecule has 0 amide bonds. The van der Waals surface area contributed by atoms with Crippen LogP contribution in [0.5, 0.6) is 17.2 Å². The number of methoxy groups -OCH3 is 3. The molecule has 17 heavy (non-hydrogen) atoms. The van der Waals surface area contributed by atoms with Crippen LogP contribution in [-0.2, 0) is 0 Å². The van der Waals surface area contributed by atoms with Crippen molar-refractivity contribution in [1.82, 2.24) is 0 Å². The van der Waals surface area contributed by atoms with Crippen molar-refractivity contribution in [3.8, 4) is 17.2 Å². The second-order valence-corrected chi connectivity index (χ2v) is 3.63. The van der Waals surface area contributed by atoms with E-state index in [4.69, 9.17) is 25.8 Å². The SMILES string of the molecule is COc1ccc(C(Cl)C(F)F)c(OC)c1OC. The highest BCUT2D eigenvalue weighted by Crippen LogP contribution is 2.44. The zero-order valence-electron chi connectivity index (χ0n) is 9.67. The molecule has 3 nitrogen and oxygen atoms in total. The van der Waals surface area contributed by atoms with Crippen LogP contribution in [0.1, 0.15) is 10.9 Å². The second kappa shape index (κ2) is 5.91. The van der Waals surface area contributed by atoms with Gasteiger partial charge in [-0.25, -0.2) is 8.78 Å². The van der Waals surface area contributed by atoms with Crippen molar-refractivity contribution >= 4 is 11.6 Å². The Morgan fingerprint density at radius 3 is 2.00 bits per heavy atom. The van der Waals surface area contributed by atoms with Gasteiger partial charge in [-0.2, -0.15) is 0 Å². The summed E-state index contributed by atoms with van der Waals surface area (Å²) in [7, 11) is 4.20. The van der Waals surface area contributed by atoms with E-state index in [2.05, 4.69) is 0 Å². The summed E-state index contributed by atoms with van der Waals surface area (Å²) in [6.45, 7) is 0. The quantitative estimate of drug-likeness (QED) is 0.766. The zero-order chi connectivity index (χ0) is 13.0. The number of benzene rings is 1. The average molecular weight is 267 g/mol. The van der Waals surface area contributed by atoms with Crippen LogP contribution in [0.2, 0.25) is 0 Å². The van der Waals surface area contributed by atoms with Gasteiger partial charge < -0.3 is 14.2 Å². The highest BCUT2D eigenvalue weighted by atomic mass is 35.5. The van der Waals surface area contributed by atoms with Gasteiger partial charge in [-0.15, -0.1) is 11.6 Å². The van der Waals surface area contributed by atoms with Crippen LogP contribution in [0, 0.1) is 0 Å². The van der Waals surface area contributed by atoms with Crippen molar-refractivity contribution in [3.63, 3.8) is 0 Å². The van der Waals surface area contributed by atoms with Gasteiger partial charge in [-0.3, -0.25) is 0 Å². The molecule has 96 valence electrons. The molecule has 0 saturated heterocycles. The van der Waals surface area contributed by atoms with Gasteiger partial charge in [0.1, 0.15) is 5.38 Å². The normalized spacial score (nSPS) is 12.4. The van der Waals surface area contributed by atoms with Crippen LogP contribution in [0.25, 0.3) is 0 Å². The van der Waals surface area contributed by atoms with Crippen LogP contribution in [0.3, 0.4) is 0 Å². The maximum absolute atomic E-state index is 12.6. The first-order valence-corrected chi connectivity index (χ1v) is 5.21. The van der Waals surface area contributed by atoms with Crippen molar-refractivity contribution in [2.24, 2.45) is 0 Å². The maximum Gasteiger partial charge on any atom is 0.258 e. The molecule has 1 aromatic carbocycles. The first-order valence-electron chi connectivity index (χ1n) is 4.77. The molecule has 0 spiro atoms. The van der Waals surface area contributed by atoms with Crippen LogP contribution in [-0.4, -0.2) is 27.8 Å². The topological polar surface area (TPSA) is 27.7 Å². The van der Waals surface area contributed by atoms with E-state index in [1.807, 2.05) is 0 Å². The Kier molecular flexibility index (Phi) is 4.81. The molecular formula is C11H13ClF2O3. The Balaban J connectivity index is 3.32. The Bertz CT molecular complexity index is 385. The van der Waals surface area contributed by atoms with E-state index < -0.39 is 11.8 Å². The van der Waals surface area contributed by atoms with Gasteiger partial charge in [0.2, 0.25) is 5.75 Å². The molecule has 0 saturated carbocycles. The molecule has 1 aromatic rings. The lowest BCUT2D eigenvalue weighted by molar-refractivity contribution is 0.141. The van der Waals surface area contributed by atoms with Gasteiger partial charge in [-0.1, -0.05) is 0 Å². The van der Waals surface area contributed by atoms with E-state index in [1.54, 1.807) is 0 Å². The fraction of sp³-hybridized carbons (Fsp3) is 0.455. The van der Waals surface area contributed by atoms with E-state index in [1.165, 1.54) is 33.5 Å². The predicted molar refractivity (Wildman–Crippen MR) is 60.7 cm³/mol. The van der Waals surface area contributed by atoms with Crippen molar-refractivity contribution in [2.75, 3.05) is 21.3 Å². The Morgan fingerprint density at radius 1 is 1.00 bits per heavy atom. The third-order valence-corrected chi connectivity index (χ3v) is 2.68. The molecule has 1 atom stereocenters. The summed E-state index contributed by atoms with van der Waals surface area (Å²) in [6.07, 6.45) is -2.69. The number of rotatable bonds is 5. The van der Waals surface area contributed by atoms with Crippen molar-refractivity contribution in [2.45, 2.75) is 11.8 Å². The monoisotopic (exact) mass is 266 g/mol. The molecule has 0 aromatic heterocycles. The lowest BCUT2D eigenvalue weighted by Gasteiger charge is -2.18. The van der Waals surface area contributed by atoms with Crippen LogP contribution in [0.4, 0.5) is 8.78 Å². The lowest BCUT2D eigenvalue weighted by Crippen LogP contribution is -2.06. The molecule has 1 rings (SSSR count). The van der Waals surface area contributed by atoms with E-state index >= 15 is 0 Å². The van der Waals surface area contributed by atoms with Crippen LogP contribution in [0.15, 0.2) is 12.1 Å².